The number of nitrogens with one attached hydrogen (secondary N) is 1. The van der Waals surface area contributed by atoms with Crippen molar-refractivity contribution in [3.63, 3.8) is 0 Å². The molecule has 1 aromatic heterocycles. The summed E-state index contributed by atoms with van der Waals surface area (Å²) in [7, 11) is 1.57. The van der Waals surface area contributed by atoms with Crippen LogP contribution in [0.15, 0.2) is 36.4 Å². The summed E-state index contributed by atoms with van der Waals surface area (Å²) in [5, 5.41) is 3.86. The molecule has 0 saturated carbocycles. The molecule has 0 aliphatic carbocycles. The average molecular weight is 347 g/mol. The van der Waals surface area contributed by atoms with Crippen molar-refractivity contribution in [2.45, 2.75) is 13.3 Å². The lowest BCUT2D eigenvalue weighted by Gasteiger charge is -2.02. The van der Waals surface area contributed by atoms with Crippen molar-refractivity contribution >= 4 is 44.2 Å². The Balaban J connectivity index is 1.84. The lowest BCUT2D eigenvalue weighted by molar-refractivity contribution is 0.102. The second kappa shape index (κ2) is 6.56. The molecule has 2 aromatic carbocycles. The second-order valence-corrected chi connectivity index (χ2v) is 6.42. The molecule has 4 nitrogen and oxygen atoms in total. The summed E-state index contributed by atoms with van der Waals surface area (Å²) in [4.78, 5) is 16.7. The van der Waals surface area contributed by atoms with Crippen LogP contribution in [0.3, 0.4) is 0 Å². The lowest BCUT2D eigenvalue weighted by Crippen LogP contribution is -2.11. The monoisotopic (exact) mass is 346 g/mol. The summed E-state index contributed by atoms with van der Waals surface area (Å²) >= 11 is 7.48. The fourth-order valence-corrected chi connectivity index (χ4v) is 3.31. The maximum Gasteiger partial charge on any atom is 0.257 e. The van der Waals surface area contributed by atoms with Crippen LogP contribution < -0.4 is 10.1 Å². The Labute approximate surface area is 143 Å². The van der Waals surface area contributed by atoms with Crippen molar-refractivity contribution in [1.29, 1.82) is 0 Å². The van der Waals surface area contributed by atoms with Crippen LogP contribution in [0.2, 0.25) is 5.02 Å². The number of fused-ring (bicyclic) bond motifs is 1. The molecule has 0 spiro atoms. The number of carbonyl (C=O) groups excluding carboxylic acids is 1. The molecule has 0 saturated heterocycles. The van der Waals surface area contributed by atoms with E-state index in [4.69, 9.17) is 16.3 Å². The Hall–Kier alpha value is -2.11. The van der Waals surface area contributed by atoms with Crippen LogP contribution in [0.4, 0.5) is 5.13 Å². The van der Waals surface area contributed by atoms with Crippen molar-refractivity contribution in [3.05, 3.63) is 52.5 Å². The molecule has 23 heavy (non-hydrogen) atoms. The number of hydrogen-bond acceptors (Lipinski definition) is 4. The third-order valence-electron chi connectivity index (χ3n) is 3.51. The molecule has 3 rings (SSSR count). The van der Waals surface area contributed by atoms with E-state index in [1.54, 1.807) is 13.2 Å². The summed E-state index contributed by atoms with van der Waals surface area (Å²) in [5.74, 6) is 0.417. The van der Waals surface area contributed by atoms with Gasteiger partial charge in [-0.1, -0.05) is 42.0 Å². The number of carbonyl (C=O) groups is 1. The number of methoxy groups -OCH3 is 1. The number of nitrogens with zero attached hydrogens (tertiary/aromatic N) is 1. The van der Waals surface area contributed by atoms with E-state index in [2.05, 4.69) is 17.2 Å². The molecule has 1 N–H and O–H groups in total. The number of aryl methyl sites for hydroxylation is 1. The molecule has 3 aromatic rings. The predicted octanol–water partition coefficient (Wildman–Crippen LogP) is 4.77. The Bertz CT molecular complexity index is 859. The number of ether oxygens (including phenoxy) is 1. The molecule has 0 aliphatic heterocycles. The van der Waals surface area contributed by atoms with E-state index in [1.807, 2.05) is 30.3 Å². The van der Waals surface area contributed by atoms with Crippen LogP contribution in [-0.4, -0.2) is 18.0 Å². The number of aromatic nitrogens is 1. The summed E-state index contributed by atoms with van der Waals surface area (Å²) in [6.07, 6.45) is 0.947. The first kappa shape index (κ1) is 15.8. The highest BCUT2D eigenvalue weighted by molar-refractivity contribution is 7.22. The third kappa shape index (κ3) is 3.30. The van der Waals surface area contributed by atoms with E-state index in [9.17, 15) is 4.79 Å². The fourth-order valence-electron chi connectivity index (χ4n) is 2.20. The van der Waals surface area contributed by atoms with Crippen molar-refractivity contribution in [2.24, 2.45) is 0 Å². The smallest absolute Gasteiger partial charge is 0.257 e. The predicted molar refractivity (Wildman–Crippen MR) is 95.0 cm³/mol. The maximum atomic E-state index is 12.3. The molecular formula is C17H15ClN2O2S. The minimum Gasteiger partial charge on any atom is -0.495 e. The molecule has 0 aliphatic rings. The van der Waals surface area contributed by atoms with E-state index >= 15 is 0 Å². The maximum absolute atomic E-state index is 12.3. The zero-order chi connectivity index (χ0) is 16.4. The van der Waals surface area contributed by atoms with E-state index in [1.165, 1.54) is 16.9 Å². The van der Waals surface area contributed by atoms with E-state index < -0.39 is 0 Å². The molecule has 0 unspecified atom stereocenters. The first-order valence-corrected chi connectivity index (χ1v) is 8.34. The van der Waals surface area contributed by atoms with Crippen LogP contribution in [-0.2, 0) is 6.42 Å². The van der Waals surface area contributed by atoms with Crippen molar-refractivity contribution < 1.29 is 9.53 Å². The van der Waals surface area contributed by atoms with Gasteiger partial charge in [-0.3, -0.25) is 10.1 Å². The molecule has 0 atom stereocenters. The van der Waals surface area contributed by atoms with Gasteiger partial charge in [0, 0.05) is 11.6 Å². The highest BCUT2D eigenvalue weighted by Crippen LogP contribution is 2.34. The van der Waals surface area contributed by atoms with Gasteiger partial charge in [0.2, 0.25) is 0 Å². The molecule has 0 bridgehead atoms. The number of hydrogen-bond donors (Lipinski definition) is 1. The summed E-state index contributed by atoms with van der Waals surface area (Å²) in [6.45, 7) is 2.08. The Morgan fingerprint density at radius 1 is 1.30 bits per heavy atom. The minimum atomic E-state index is -0.176. The Morgan fingerprint density at radius 2 is 2.04 bits per heavy atom. The fraction of sp³-hybridized carbons (Fsp3) is 0.176. The summed E-state index contributed by atoms with van der Waals surface area (Å²) < 4.78 is 6.10. The number of rotatable bonds is 4. The zero-order valence-corrected chi connectivity index (χ0v) is 14.3. The van der Waals surface area contributed by atoms with Crippen LogP contribution in [0, 0.1) is 0 Å². The SMILES string of the molecule is CCc1ccc(C(=O)Nc2nc3cc(Cl)c(OC)cc3s2)cc1. The number of halogens is 1. The number of anilines is 1. The van der Waals surface area contributed by atoms with E-state index in [-0.39, 0.29) is 5.91 Å². The van der Waals surface area contributed by atoms with Gasteiger partial charge in [-0.2, -0.15) is 0 Å². The van der Waals surface area contributed by atoms with Crippen molar-refractivity contribution in [1.82, 2.24) is 4.98 Å². The van der Waals surface area contributed by atoms with Gasteiger partial charge < -0.3 is 4.74 Å². The minimum absolute atomic E-state index is 0.176. The van der Waals surface area contributed by atoms with Crippen LogP contribution in [0.1, 0.15) is 22.8 Å². The van der Waals surface area contributed by atoms with Crippen LogP contribution in [0.5, 0.6) is 5.75 Å². The van der Waals surface area contributed by atoms with Gasteiger partial charge in [-0.05, 0) is 30.2 Å². The largest absolute Gasteiger partial charge is 0.495 e. The zero-order valence-electron chi connectivity index (χ0n) is 12.7. The van der Waals surface area contributed by atoms with Gasteiger partial charge in [0.15, 0.2) is 5.13 Å². The van der Waals surface area contributed by atoms with E-state index in [0.29, 0.717) is 21.5 Å². The summed E-state index contributed by atoms with van der Waals surface area (Å²) in [6, 6.07) is 11.1. The van der Waals surface area contributed by atoms with Gasteiger partial charge in [-0.25, -0.2) is 4.98 Å². The molecular weight excluding hydrogens is 332 g/mol. The normalized spacial score (nSPS) is 10.7. The molecule has 1 amide bonds. The van der Waals surface area contributed by atoms with Gasteiger partial charge >= 0.3 is 0 Å². The van der Waals surface area contributed by atoms with Gasteiger partial charge in [0.25, 0.3) is 5.91 Å². The highest BCUT2D eigenvalue weighted by Gasteiger charge is 2.12. The quantitative estimate of drug-likeness (QED) is 0.740. The number of amides is 1. The van der Waals surface area contributed by atoms with E-state index in [0.717, 1.165) is 16.6 Å². The standard InChI is InChI=1S/C17H15ClN2O2S/c1-3-10-4-6-11(7-5-10)16(21)20-17-19-13-8-12(18)14(22-2)9-15(13)23-17/h4-9H,3H2,1-2H3,(H,19,20,21). The number of thiazole rings is 1. The van der Waals surface area contributed by atoms with Gasteiger partial charge in [-0.15, -0.1) is 0 Å². The van der Waals surface area contributed by atoms with Gasteiger partial charge in [0.1, 0.15) is 5.75 Å². The van der Waals surface area contributed by atoms with Crippen molar-refractivity contribution in [3.8, 4) is 5.75 Å². The highest BCUT2D eigenvalue weighted by atomic mass is 35.5. The second-order valence-electron chi connectivity index (χ2n) is 4.98. The van der Waals surface area contributed by atoms with Crippen LogP contribution >= 0.6 is 22.9 Å². The average Bonchev–Trinajstić information content (AvgIpc) is 2.94. The number of benzene rings is 2. The van der Waals surface area contributed by atoms with Crippen LogP contribution in [0.25, 0.3) is 10.2 Å². The van der Waals surface area contributed by atoms with Gasteiger partial charge in [0.05, 0.1) is 22.3 Å². The first-order chi connectivity index (χ1) is 11.1. The van der Waals surface area contributed by atoms with Crippen molar-refractivity contribution in [2.75, 3.05) is 12.4 Å². The molecule has 0 radical (unpaired) electrons. The Morgan fingerprint density at radius 3 is 2.70 bits per heavy atom. The molecule has 1 heterocycles. The third-order valence-corrected chi connectivity index (χ3v) is 4.74. The first-order valence-electron chi connectivity index (χ1n) is 7.15. The summed E-state index contributed by atoms with van der Waals surface area (Å²) in [5.41, 5.74) is 2.54. The molecule has 0 fully saturated rings. The lowest BCUT2D eigenvalue weighted by atomic mass is 10.1. The topological polar surface area (TPSA) is 51.2 Å². The Kier molecular flexibility index (Phi) is 4.50. The molecule has 6 heteroatoms. The molecule has 118 valence electrons.